The zero-order chi connectivity index (χ0) is 8.55. The fraction of sp³-hybridized carbons (Fsp3) is 1.00. The Balaban J connectivity index is 2.06. The number of nitrogens with one attached hydrogen (secondary N) is 1. The molecule has 12 heavy (non-hydrogen) atoms. The van der Waals surface area contributed by atoms with Gasteiger partial charge < -0.3 is 5.32 Å². The molecular formula is C9H17NOS. The van der Waals surface area contributed by atoms with E-state index in [0.717, 1.165) is 5.75 Å². The van der Waals surface area contributed by atoms with Crippen molar-refractivity contribution in [3.05, 3.63) is 0 Å². The Labute approximate surface area is 76.6 Å². The highest BCUT2D eigenvalue weighted by atomic mass is 32.2. The van der Waals surface area contributed by atoms with Crippen LogP contribution >= 0.6 is 0 Å². The summed E-state index contributed by atoms with van der Waals surface area (Å²) in [7, 11) is -0.549. The lowest BCUT2D eigenvalue weighted by Crippen LogP contribution is -2.55. The van der Waals surface area contributed by atoms with E-state index in [9.17, 15) is 4.21 Å². The van der Waals surface area contributed by atoms with Crippen LogP contribution in [0.2, 0.25) is 0 Å². The van der Waals surface area contributed by atoms with Crippen molar-refractivity contribution < 1.29 is 4.21 Å². The predicted octanol–water partition coefficient (Wildman–Crippen LogP) is 1.04. The van der Waals surface area contributed by atoms with Gasteiger partial charge in [-0.3, -0.25) is 4.21 Å². The molecule has 1 N–H and O–H groups in total. The van der Waals surface area contributed by atoms with E-state index in [1.54, 1.807) is 0 Å². The lowest BCUT2D eigenvalue weighted by atomic mass is 9.94. The highest BCUT2D eigenvalue weighted by Crippen LogP contribution is 2.26. The van der Waals surface area contributed by atoms with Gasteiger partial charge in [0.25, 0.3) is 0 Å². The van der Waals surface area contributed by atoms with Crippen LogP contribution in [-0.2, 0) is 10.8 Å². The summed E-state index contributed by atoms with van der Waals surface area (Å²) in [6, 6.07) is 1.02. The van der Waals surface area contributed by atoms with Crippen LogP contribution < -0.4 is 5.32 Å². The Morgan fingerprint density at radius 3 is 2.92 bits per heavy atom. The van der Waals surface area contributed by atoms with E-state index < -0.39 is 10.8 Å². The van der Waals surface area contributed by atoms with Gasteiger partial charge in [-0.25, -0.2) is 0 Å². The van der Waals surface area contributed by atoms with Gasteiger partial charge in [0.05, 0.1) is 5.25 Å². The monoisotopic (exact) mass is 187 g/mol. The molecule has 2 fully saturated rings. The van der Waals surface area contributed by atoms with Gasteiger partial charge in [0.2, 0.25) is 0 Å². The first kappa shape index (κ1) is 8.70. The minimum atomic E-state index is -0.549. The molecule has 70 valence electrons. The van der Waals surface area contributed by atoms with E-state index in [2.05, 4.69) is 12.2 Å². The van der Waals surface area contributed by atoms with Gasteiger partial charge in [-0.15, -0.1) is 0 Å². The van der Waals surface area contributed by atoms with Crippen molar-refractivity contribution in [1.29, 1.82) is 0 Å². The molecule has 0 aromatic heterocycles. The summed E-state index contributed by atoms with van der Waals surface area (Å²) in [5.74, 6) is 0.862. The predicted molar refractivity (Wildman–Crippen MR) is 51.7 cm³/mol. The number of hydrogen-bond acceptors (Lipinski definition) is 2. The second kappa shape index (κ2) is 3.46. The van der Waals surface area contributed by atoms with Gasteiger partial charge in [-0.2, -0.15) is 0 Å². The summed E-state index contributed by atoms with van der Waals surface area (Å²) in [5, 5.41) is 4.02. The largest absolute Gasteiger partial charge is 0.309 e. The van der Waals surface area contributed by atoms with Gasteiger partial charge >= 0.3 is 0 Å². The SMILES string of the molecule is CC1CS(=O)C2CCCCC2N1. The third-order valence-electron chi connectivity index (χ3n) is 2.95. The number of rotatable bonds is 0. The fourth-order valence-electron chi connectivity index (χ4n) is 2.39. The molecule has 1 saturated heterocycles. The van der Waals surface area contributed by atoms with Gasteiger partial charge in [0.1, 0.15) is 0 Å². The summed E-state index contributed by atoms with van der Waals surface area (Å²) < 4.78 is 11.7. The average Bonchev–Trinajstić information content (AvgIpc) is 2.04. The molecule has 4 atom stereocenters. The molecule has 0 bridgehead atoms. The molecule has 0 radical (unpaired) electrons. The molecular weight excluding hydrogens is 170 g/mol. The highest BCUT2D eigenvalue weighted by Gasteiger charge is 2.34. The maximum absolute atomic E-state index is 11.7. The Morgan fingerprint density at radius 2 is 2.08 bits per heavy atom. The summed E-state index contributed by atoms with van der Waals surface area (Å²) >= 11 is 0. The normalized spacial score (nSPS) is 48.4. The van der Waals surface area contributed by atoms with Crippen LogP contribution in [0.5, 0.6) is 0 Å². The molecule has 2 rings (SSSR count). The quantitative estimate of drug-likeness (QED) is 0.614. The Hall–Kier alpha value is 0.110. The first-order chi connectivity index (χ1) is 5.77. The Bertz CT molecular complexity index is 195. The Kier molecular flexibility index (Phi) is 2.51. The van der Waals surface area contributed by atoms with Crippen molar-refractivity contribution in [3.8, 4) is 0 Å². The van der Waals surface area contributed by atoms with Crippen molar-refractivity contribution in [2.75, 3.05) is 5.75 Å². The third kappa shape index (κ3) is 1.57. The summed E-state index contributed by atoms with van der Waals surface area (Å²) in [4.78, 5) is 0. The first-order valence-electron chi connectivity index (χ1n) is 4.90. The maximum atomic E-state index is 11.7. The summed E-state index contributed by atoms with van der Waals surface area (Å²) in [5.41, 5.74) is 0. The van der Waals surface area contributed by atoms with Crippen molar-refractivity contribution in [3.63, 3.8) is 0 Å². The van der Waals surface area contributed by atoms with E-state index >= 15 is 0 Å². The van der Waals surface area contributed by atoms with E-state index in [0.29, 0.717) is 17.3 Å². The maximum Gasteiger partial charge on any atom is 0.0501 e. The van der Waals surface area contributed by atoms with Crippen LogP contribution in [0.1, 0.15) is 32.6 Å². The van der Waals surface area contributed by atoms with Gasteiger partial charge in [0.15, 0.2) is 0 Å². The second-order valence-corrected chi connectivity index (χ2v) is 5.74. The molecule has 3 heteroatoms. The minimum absolute atomic E-state index is 0.463. The molecule has 2 nitrogen and oxygen atoms in total. The summed E-state index contributed by atoms with van der Waals surface area (Å²) in [6.07, 6.45) is 5.01. The molecule has 0 aromatic rings. The lowest BCUT2D eigenvalue weighted by molar-refractivity contribution is 0.343. The van der Waals surface area contributed by atoms with E-state index in [4.69, 9.17) is 0 Å². The summed E-state index contributed by atoms with van der Waals surface area (Å²) in [6.45, 7) is 2.14. The second-order valence-electron chi connectivity index (χ2n) is 4.04. The van der Waals surface area contributed by atoms with Crippen LogP contribution in [0, 0.1) is 0 Å². The zero-order valence-electron chi connectivity index (χ0n) is 7.58. The molecule has 1 aliphatic heterocycles. The topological polar surface area (TPSA) is 29.1 Å². The van der Waals surface area contributed by atoms with Crippen molar-refractivity contribution in [1.82, 2.24) is 5.32 Å². The van der Waals surface area contributed by atoms with Crippen molar-refractivity contribution >= 4 is 10.8 Å². The van der Waals surface area contributed by atoms with Crippen LogP contribution in [-0.4, -0.2) is 27.3 Å². The van der Waals surface area contributed by atoms with Gasteiger partial charge in [-0.1, -0.05) is 12.8 Å². The molecule has 0 spiro atoms. The van der Waals surface area contributed by atoms with Gasteiger partial charge in [0, 0.05) is 28.6 Å². The molecule has 0 aromatic carbocycles. The first-order valence-corrected chi connectivity index (χ1v) is 6.29. The van der Waals surface area contributed by atoms with E-state index in [1.165, 1.54) is 25.7 Å². The standard InChI is InChI=1S/C9H17NOS/c1-7-6-12(11)9-5-3-2-4-8(9)10-7/h7-10H,2-6H2,1H3. The molecule has 1 aliphatic carbocycles. The Morgan fingerprint density at radius 1 is 1.33 bits per heavy atom. The highest BCUT2D eigenvalue weighted by molar-refractivity contribution is 7.85. The van der Waals surface area contributed by atoms with Crippen LogP contribution in [0.15, 0.2) is 0 Å². The molecule has 0 amide bonds. The van der Waals surface area contributed by atoms with Crippen molar-refractivity contribution in [2.45, 2.75) is 49.9 Å². The smallest absolute Gasteiger partial charge is 0.0501 e. The zero-order valence-corrected chi connectivity index (χ0v) is 8.40. The molecule has 1 saturated carbocycles. The molecule has 1 heterocycles. The number of hydrogen-bond donors (Lipinski definition) is 1. The van der Waals surface area contributed by atoms with E-state index in [-0.39, 0.29) is 0 Å². The lowest BCUT2D eigenvalue weighted by Gasteiger charge is -2.38. The average molecular weight is 187 g/mol. The van der Waals surface area contributed by atoms with Crippen LogP contribution in [0.3, 0.4) is 0 Å². The van der Waals surface area contributed by atoms with Crippen LogP contribution in [0.4, 0.5) is 0 Å². The number of fused-ring (bicyclic) bond motifs is 1. The van der Waals surface area contributed by atoms with Crippen molar-refractivity contribution in [2.24, 2.45) is 0 Å². The van der Waals surface area contributed by atoms with E-state index in [1.807, 2.05) is 0 Å². The third-order valence-corrected chi connectivity index (χ3v) is 5.02. The minimum Gasteiger partial charge on any atom is -0.309 e. The fourth-order valence-corrected chi connectivity index (χ4v) is 4.23. The molecule has 2 aliphatic rings. The molecule has 4 unspecified atom stereocenters. The van der Waals surface area contributed by atoms with Crippen LogP contribution in [0.25, 0.3) is 0 Å². The van der Waals surface area contributed by atoms with Gasteiger partial charge in [-0.05, 0) is 19.8 Å².